The molecule has 0 saturated heterocycles. The Bertz CT molecular complexity index is 2840. The van der Waals surface area contributed by atoms with Crippen LogP contribution in [0.2, 0.25) is 0 Å². The Morgan fingerprint density at radius 1 is 0.471 bits per heavy atom. The molecule has 0 spiro atoms. The van der Waals surface area contributed by atoms with Crippen LogP contribution in [0.3, 0.4) is 0 Å². The first-order chi connectivity index (χ1) is 25.3. The van der Waals surface area contributed by atoms with Gasteiger partial charge < -0.3 is 4.57 Å². The van der Waals surface area contributed by atoms with Crippen molar-refractivity contribution < 1.29 is 0 Å². The topological polar surface area (TPSA) is 43.6 Å². The zero-order valence-corrected chi connectivity index (χ0v) is 27.7. The highest BCUT2D eigenvalue weighted by molar-refractivity contribution is 6.18. The molecule has 11 rings (SSSR count). The summed E-state index contributed by atoms with van der Waals surface area (Å²) in [5, 5.41) is 6.29. The van der Waals surface area contributed by atoms with E-state index in [0.717, 1.165) is 34.9 Å². The number of hydrogen-bond donors (Lipinski definition) is 0. The van der Waals surface area contributed by atoms with Gasteiger partial charge in [-0.1, -0.05) is 121 Å². The average molecular weight is 651 g/mol. The summed E-state index contributed by atoms with van der Waals surface area (Å²) >= 11 is 0. The summed E-state index contributed by atoms with van der Waals surface area (Å²) < 4.78 is 2.47. The highest BCUT2D eigenvalue weighted by Crippen LogP contribution is 2.50. The van der Waals surface area contributed by atoms with E-state index in [9.17, 15) is 0 Å². The number of nitrogens with zero attached hydrogens (tertiary/aromatic N) is 4. The van der Waals surface area contributed by atoms with Gasteiger partial charge in [0.25, 0.3) is 0 Å². The fourth-order valence-electron chi connectivity index (χ4n) is 8.31. The molecule has 7 aromatic carbocycles. The third kappa shape index (κ3) is 4.30. The van der Waals surface area contributed by atoms with Crippen LogP contribution >= 0.6 is 0 Å². The second-order valence-corrected chi connectivity index (χ2v) is 13.5. The van der Waals surface area contributed by atoms with Crippen LogP contribution in [0.4, 0.5) is 0 Å². The predicted molar refractivity (Wildman–Crippen MR) is 210 cm³/mol. The van der Waals surface area contributed by atoms with Gasteiger partial charge in [-0.3, -0.25) is 0 Å². The summed E-state index contributed by atoms with van der Waals surface area (Å²) in [7, 11) is 0. The van der Waals surface area contributed by atoms with E-state index in [1.165, 1.54) is 66.3 Å². The molecule has 9 aromatic rings. The van der Waals surface area contributed by atoms with Crippen molar-refractivity contribution in [2.24, 2.45) is 0 Å². The number of hydrogen-bond acceptors (Lipinski definition) is 3. The molecular weight excluding hydrogens is 621 g/mol. The Labute approximate surface area is 295 Å². The first-order valence-electron chi connectivity index (χ1n) is 17.6. The van der Waals surface area contributed by atoms with Crippen LogP contribution in [-0.4, -0.2) is 19.5 Å². The summed E-state index contributed by atoms with van der Waals surface area (Å²) in [6.45, 7) is 0. The molecule has 4 nitrogen and oxygen atoms in total. The number of allylic oxidation sites excluding steroid dienone is 1. The fourth-order valence-corrected chi connectivity index (χ4v) is 8.31. The van der Waals surface area contributed by atoms with E-state index in [1.807, 2.05) is 36.4 Å². The Morgan fingerprint density at radius 3 is 1.88 bits per heavy atom. The van der Waals surface area contributed by atoms with Crippen molar-refractivity contribution in [3.05, 3.63) is 163 Å². The van der Waals surface area contributed by atoms with Crippen LogP contribution in [-0.2, 0) is 6.42 Å². The maximum Gasteiger partial charge on any atom is 0.164 e. The monoisotopic (exact) mass is 650 g/mol. The summed E-state index contributed by atoms with van der Waals surface area (Å²) in [5.41, 5.74) is 13.1. The maximum absolute atomic E-state index is 5.09. The minimum atomic E-state index is 0.666. The first kappa shape index (κ1) is 28.2. The minimum absolute atomic E-state index is 0.666. The summed E-state index contributed by atoms with van der Waals surface area (Å²) in [6, 6.07) is 51.9. The van der Waals surface area contributed by atoms with Crippen molar-refractivity contribution in [2.75, 3.05) is 0 Å². The highest BCUT2D eigenvalue weighted by Gasteiger charge is 2.26. The predicted octanol–water partition coefficient (Wildman–Crippen LogP) is 11.7. The Morgan fingerprint density at radius 2 is 1.12 bits per heavy atom. The van der Waals surface area contributed by atoms with Gasteiger partial charge in [-0.2, -0.15) is 0 Å². The average Bonchev–Trinajstić information content (AvgIpc) is 3.70. The molecule has 2 heterocycles. The summed E-state index contributed by atoms with van der Waals surface area (Å²) in [5.74, 6) is 2.01. The molecule has 2 aliphatic carbocycles. The fraction of sp³-hybridized carbons (Fsp3) is 0.0426. The quantitative estimate of drug-likeness (QED) is 0.190. The van der Waals surface area contributed by atoms with Gasteiger partial charge >= 0.3 is 0 Å². The van der Waals surface area contributed by atoms with E-state index < -0.39 is 0 Å². The maximum atomic E-state index is 5.09. The highest BCUT2D eigenvalue weighted by atomic mass is 15.0. The zero-order valence-electron chi connectivity index (χ0n) is 27.7. The molecule has 0 unspecified atom stereocenters. The number of rotatable bonds is 4. The zero-order chi connectivity index (χ0) is 33.5. The molecular formula is C47H30N4. The minimum Gasteiger partial charge on any atom is -0.310 e. The van der Waals surface area contributed by atoms with Gasteiger partial charge in [-0.25, -0.2) is 15.0 Å². The summed E-state index contributed by atoms with van der Waals surface area (Å²) in [4.78, 5) is 15.1. The lowest BCUT2D eigenvalue weighted by Crippen LogP contribution is -2.00. The van der Waals surface area contributed by atoms with Crippen LogP contribution in [0.15, 0.2) is 152 Å². The number of aryl methyl sites for hydroxylation is 1. The van der Waals surface area contributed by atoms with E-state index in [1.54, 1.807) is 0 Å². The van der Waals surface area contributed by atoms with Crippen molar-refractivity contribution in [3.8, 4) is 62.1 Å². The molecule has 238 valence electrons. The van der Waals surface area contributed by atoms with Crippen LogP contribution in [0, 0.1) is 0 Å². The molecule has 51 heavy (non-hydrogen) atoms. The number of fused-ring (bicyclic) bond motifs is 7. The lowest BCUT2D eigenvalue weighted by atomic mass is 9.98. The third-order valence-corrected chi connectivity index (χ3v) is 10.6. The molecule has 0 amide bonds. The largest absolute Gasteiger partial charge is 0.310 e. The van der Waals surface area contributed by atoms with Crippen LogP contribution in [0.5, 0.6) is 0 Å². The van der Waals surface area contributed by atoms with Crippen LogP contribution in [0.25, 0.3) is 101 Å². The van der Waals surface area contributed by atoms with Gasteiger partial charge in [0, 0.05) is 33.5 Å². The van der Waals surface area contributed by atoms with Crippen LogP contribution < -0.4 is 0 Å². The van der Waals surface area contributed by atoms with E-state index in [2.05, 4.69) is 126 Å². The molecule has 2 aliphatic rings. The van der Waals surface area contributed by atoms with Gasteiger partial charge in [-0.05, 0) is 98.6 Å². The van der Waals surface area contributed by atoms with Crippen molar-refractivity contribution in [3.63, 3.8) is 0 Å². The molecule has 2 aromatic heterocycles. The van der Waals surface area contributed by atoms with Gasteiger partial charge in [0.15, 0.2) is 17.5 Å². The Kier molecular flexibility index (Phi) is 6.05. The molecule has 0 fully saturated rings. The smallest absolute Gasteiger partial charge is 0.164 e. The lowest BCUT2D eigenvalue weighted by molar-refractivity contribution is 0.968. The van der Waals surface area contributed by atoms with Gasteiger partial charge in [-0.15, -0.1) is 0 Å². The van der Waals surface area contributed by atoms with Gasteiger partial charge in [0.2, 0.25) is 0 Å². The van der Waals surface area contributed by atoms with Gasteiger partial charge in [0.1, 0.15) is 0 Å². The molecule has 0 radical (unpaired) electrons. The number of benzene rings is 7. The number of aromatic nitrogens is 4. The van der Waals surface area contributed by atoms with Gasteiger partial charge in [0.05, 0.1) is 5.52 Å². The molecule has 0 saturated carbocycles. The van der Waals surface area contributed by atoms with E-state index in [-0.39, 0.29) is 0 Å². The normalized spacial score (nSPS) is 12.9. The first-order valence-corrected chi connectivity index (χ1v) is 17.6. The lowest BCUT2D eigenvalue weighted by Gasteiger charge is -2.14. The standard InChI is InChI=1S/C47H30N4/c1-3-12-29(13-4-1)45-48-46(30-14-5-2-6-15-30)50-47(49-45)39-25-24-38-34-23-22-33(28-40(34)37-20-11-19-36(39)44(37)38)51-42-21-10-9-18-35(42)41-26-31-16-7-8-17-32(31)27-43(41)51/h1-8,10-17,19-28H,9,18H2. The molecule has 4 heteroatoms. The Balaban J connectivity index is 1.10. The molecule has 0 N–H and O–H groups in total. The molecule has 0 aliphatic heterocycles. The van der Waals surface area contributed by atoms with Crippen LogP contribution in [0.1, 0.15) is 17.7 Å². The van der Waals surface area contributed by atoms with Crippen molar-refractivity contribution in [2.45, 2.75) is 12.8 Å². The Hall–Kier alpha value is -6.65. The van der Waals surface area contributed by atoms with E-state index in [0.29, 0.717) is 17.5 Å². The third-order valence-electron chi connectivity index (χ3n) is 10.6. The molecule has 0 bridgehead atoms. The SMILES string of the molecule is C1=Cc2c(c3cc4ccccc4cc3n2-c2ccc3c(c2)-c2cccc4c(-c5nc(-c6ccccc6)nc(-c6ccccc6)n5)ccc-3c24)CC1. The second kappa shape index (κ2) is 10.9. The van der Waals surface area contributed by atoms with E-state index >= 15 is 0 Å². The van der Waals surface area contributed by atoms with Crippen molar-refractivity contribution >= 4 is 38.5 Å². The summed E-state index contributed by atoms with van der Waals surface area (Å²) in [6.07, 6.45) is 6.77. The van der Waals surface area contributed by atoms with E-state index in [4.69, 9.17) is 15.0 Å². The molecule has 0 atom stereocenters. The van der Waals surface area contributed by atoms with Crippen molar-refractivity contribution in [1.29, 1.82) is 0 Å². The van der Waals surface area contributed by atoms with Crippen molar-refractivity contribution in [1.82, 2.24) is 19.5 Å². The second-order valence-electron chi connectivity index (χ2n) is 13.5.